The summed E-state index contributed by atoms with van der Waals surface area (Å²) < 4.78 is 26.8. The monoisotopic (exact) mass is 387 g/mol. The van der Waals surface area contributed by atoms with Crippen LogP contribution in [0.4, 0.5) is 0 Å². The average molecular weight is 388 g/mol. The van der Waals surface area contributed by atoms with Gasteiger partial charge in [-0.25, -0.2) is 13.1 Å². The van der Waals surface area contributed by atoms with E-state index in [0.717, 1.165) is 17.8 Å². The minimum atomic E-state index is -3.69. The molecule has 1 aromatic heterocycles. The van der Waals surface area contributed by atoms with E-state index in [9.17, 15) is 13.2 Å². The molecule has 2 heterocycles. The molecule has 6 nitrogen and oxygen atoms in total. The van der Waals surface area contributed by atoms with E-state index >= 15 is 0 Å². The maximum Gasteiger partial charge on any atom is 0.250 e. The predicted molar refractivity (Wildman–Crippen MR) is 90.1 cm³/mol. The van der Waals surface area contributed by atoms with Gasteiger partial charge in [-0.1, -0.05) is 18.5 Å². The minimum absolute atomic E-state index is 0. The van der Waals surface area contributed by atoms with E-state index in [-0.39, 0.29) is 34.5 Å². The SMILES string of the molecule is CC1(CN)CCN(C(=O)CNS(=O)(=O)c2ccc(Cl)s2)C1.Cl. The van der Waals surface area contributed by atoms with Crippen LogP contribution in [0.3, 0.4) is 0 Å². The van der Waals surface area contributed by atoms with Crippen molar-refractivity contribution in [3.05, 3.63) is 16.5 Å². The topological polar surface area (TPSA) is 92.5 Å². The van der Waals surface area contributed by atoms with Crippen molar-refractivity contribution in [2.45, 2.75) is 17.6 Å². The number of halogens is 2. The summed E-state index contributed by atoms with van der Waals surface area (Å²) in [7, 11) is -3.69. The molecule has 1 aliphatic heterocycles. The summed E-state index contributed by atoms with van der Waals surface area (Å²) in [4.78, 5) is 13.7. The lowest BCUT2D eigenvalue weighted by atomic mass is 9.90. The van der Waals surface area contributed by atoms with Crippen LogP contribution in [-0.4, -0.2) is 45.4 Å². The highest BCUT2D eigenvalue weighted by molar-refractivity contribution is 7.91. The van der Waals surface area contributed by atoms with Crippen molar-refractivity contribution in [2.24, 2.45) is 11.1 Å². The summed E-state index contributed by atoms with van der Waals surface area (Å²) >= 11 is 6.67. The van der Waals surface area contributed by atoms with Crippen molar-refractivity contribution in [3.63, 3.8) is 0 Å². The molecule has 0 saturated carbocycles. The molecule has 1 unspecified atom stereocenters. The molecule has 0 spiro atoms. The van der Waals surface area contributed by atoms with E-state index in [0.29, 0.717) is 24.0 Å². The number of nitrogens with two attached hydrogens (primary N) is 1. The van der Waals surface area contributed by atoms with Crippen LogP contribution in [0.25, 0.3) is 0 Å². The first-order valence-corrected chi connectivity index (χ1v) is 9.16. The summed E-state index contributed by atoms with van der Waals surface area (Å²) in [6, 6.07) is 2.93. The third-order valence-electron chi connectivity index (χ3n) is 3.63. The predicted octanol–water partition coefficient (Wildman–Crippen LogP) is 1.30. The Labute approximate surface area is 145 Å². The second-order valence-corrected chi connectivity index (χ2v) is 9.17. The Bertz CT molecular complexity index is 635. The number of thiophene rings is 1. The summed E-state index contributed by atoms with van der Waals surface area (Å²) in [5, 5.41) is 0. The zero-order valence-electron chi connectivity index (χ0n) is 12.0. The third kappa shape index (κ3) is 4.56. The summed E-state index contributed by atoms with van der Waals surface area (Å²) in [5.74, 6) is -0.238. The van der Waals surface area contributed by atoms with Crippen molar-refractivity contribution < 1.29 is 13.2 Å². The molecule has 1 amide bonds. The number of hydrogen-bond acceptors (Lipinski definition) is 5. The first kappa shape index (κ1) is 19.7. The van der Waals surface area contributed by atoms with Crippen LogP contribution in [0.2, 0.25) is 4.34 Å². The molecule has 0 bridgehead atoms. The molecule has 22 heavy (non-hydrogen) atoms. The fraction of sp³-hybridized carbons (Fsp3) is 0.583. The summed E-state index contributed by atoms with van der Waals surface area (Å²) in [5.41, 5.74) is 5.62. The molecule has 2 rings (SSSR count). The van der Waals surface area contributed by atoms with Gasteiger partial charge >= 0.3 is 0 Å². The van der Waals surface area contributed by atoms with Crippen molar-refractivity contribution in [3.8, 4) is 0 Å². The number of amides is 1. The highest BCUT2D eigenvalue weighted by Crippen LogP contribution is 2.28. The average Bonchev–Trinajstić information content (AvgIpc) is 3.04. The van der Waals surface area contributed by atoms with Gasteiger partial charge in [-0.2, -0.15) is 0 Å². The van der Waals surface area contributed by atoms with Gasteiger partial charge in [-0.3, -0.25) is 4.79 Å². The number of sulfonamides is 1. The smallest absolute Gasteiger partial charge is 0.250 e. The highest BCUT2D eigenvalue weighted by Gasteiger charge is 2.35. The maximum absolute atomic E-state index is 12.1. The molecular weight excluding hydrogens is 369 g/mol. The van der Waals surface area contributed by atoms with Gasteiger partial charge in [0.1, 0.15) is 4.21 Å². The van der Waals surface area contributed by atoms with Gasteiger partial charge in [-0.15, -0.1) is 23.7 Å². The molecule has 1 aliphatic rings. The number of rotatable bonds is 5. The van der Waals surface area contributed by atoms with E-state index in [1.165, 1.54) is 12.1 Å². The number of likely N-dealkylation sites (tertiary alicyclic amines) is 1. The fourth-order valence-electron chi connectivity index (χ4n) is 2.19. The molecule has 1 aromatic rings. The van der Waals surface area contributed by atoms with Gasteiger partial charge in [0.2, 0.25) is 5.91 Å². The minimum Gasteiger partial charge on any atom is -0.341 e. The summed E-state index contributed by atoms with van der Waals surface area (Å²) in [6.45, 7) is 3.46. The van der Waals surface area contributed by atoms with Crippen LogP contribution in [0.15, 0.2) is 16.3 Å². The van der Waals surface area contributed by atoms with Crippen molar-refractivity contribution >= 4 is 51.3 Å². The van der Waals surface area contributed by atoms with Crippen LogP contribution in [-0.2, 0) is 14.8 Å². The largest absolute Gasteiger partial charge is 0.341 e. The number of nitrogens with one attached hydrogen (secondary N) is 1. The van der Waals surface area contributed by atoms with Gasteiger partial charge in [-0.05, 0) is 30.5 Å². The maximum atomic E-state index is 12.1. The normalized spacial score (nSPS) is 21.7. The summed E-state index contributed by atoms with van der Waals surface area (Å²) in [6.07, 6.45) is 0.836. The molecule has 0 aliphatic carbocycles. The van der Waals surface area contributed by atoms with Crippen LogP contribution < -0.4 is 10.5 Å². The Morgan fingerprint density at radius 2 is 2.23 bits per heavy atom. The lowest BCUT2D eigenvalue weighted by Gasteiger charge is -2.22. The lowest BCUT2D eigenvalue weighted by Crippen LogP contribution is -2.40. The van der Waals surface area contributed by atoms with Gasteiger partial charge in [0.25, 0.3) is 10.0 Å². The first-order valence-electron chi connectivity index (χ1n) is 6.49. The molecule has 0 radical (unpaired) electrons. The Kier molecular flexibility index (Phi) is 6.67. The zero-order valence-corrected chi connectivity index (χ0v) is 15.2. The number of carbonyl (C=O) groups is 1. The Balaban J connectivity index is 0.00000242. The van der Waals surface area contributed by atoms with Crippen LogP contribution >= 0.6 is 35.3 Å². The Hall–Kier alpha value is -0.380. The van der Waals surface area contributed by atoms with Crippen LogP contribution in [0.1, 0.15) is 13.3 Å². The van der Waals surface area contributed by atoms with Gasteiger partial charge < -0.3 is 10.6 Å². The zero-order chi connectivity index (χ0) is 15.7. The standard InChI is InChI=1S/C12H18ClN3O3S2.ClH/c1-12(7-14)4-5-16(8-12)10(17)6-15-21(18,19)11-3-2-9(13)20-11;/h2-3,15H,4-8,14H2,1H3;1H. The molecule has 10 heteroatoms. The van der Waals surface area contributed by atoms with E-state index in [4.69, 9.17) is 17.3 Å². The van der Waals surface area contributed by atoms with E-state index in [2.05, 4.69) is 4.72 Å². The number of carbonyl (C=O) groups excluding carboxylic acids is 1. The third-order valence-corrected chi connectivity index (χ3v) is 6.75. The van der Waals surface area contributed by atoms with Gasteiger partial charge in [0.15, 0.2) is 0 Å². The van der Waals surface area contributed by atoms with Crippen molar-refractivity contribution in [1.82, 2.24) is 9.62 Å². The van der Waals surface area contributed by atoms with E-state index < -0.39 is 10.0 Å². The van der Waals surface area contributed by atoms with Crippen LogP contribution in [0.5, 0.6) is 0 Å². The Morgan fingerprint density at radius 3 is 2.73 bits per heavy atom. The van der Waals surface area contributed by atoms with E-state index in [1.807, 2.05) is 6.92 Å². The van der Waals surface area contributed by atoms with Crippen LogP contribution in [0, 0.1) is 5.41 Å². The Morgan fingerprint density at radius 1 is 1.55 bits per heavy atom. The van der Waals surface area contributed by atoms with Gasteiger partial charge in [0.05, 0.1) is 10.9 Å². The molecule has 3 N–H and O–H groups in total. The molecule has 1 fully saturated rings. The first-order chi connectivity index (χ1) is 9.76. The molecule has 0 aromatic carbocycles. The van der Waals surface area contributed by atoms with Crippen molar-refractivity contribution in [1.29, 1.82) is 0 Å². The van der Waals surface area contributed by atoms with Gasteiger partial charge in [0, 0.05) is 13.1 Å². The fourth-order valence-corrected chi connectivity index (χ4v) is 4.69. The second-order valence-electron chi connectivity index (χ2n) is 5.46. The molecule has 1 atom stereocenters. The molecular formula is C12H19Cl2N3O3S2. The number of nitrogens with zero attached hydrogens (tertiary/aromatic N) is 1. The quantitative estimate of drug-likeness (QED) is 0.795. The second kappa shape index (κ2) is 7.46. The lowest BCUT2D eigenvalue weighted by molar-refractivity contribution is -0.129. The molecule has 126 valence electrons. The van der Waals surface area contributed by atoms with E-state index in [1.54, 1.807) is 4.90 Å². The number of hydrogen-bond donors (Lipinski definition) is 2. The highest BCUT2D eigenvalue weighted by atomic mass is 35.5. The van der Waals surface area contributed by atoms with Crippen molar-refractivity contribution in [2.75, 3.05) is 26.2 Å². The molecule has 1 saturated heterocycles.